The molecule has 2 aromatic heterocycles. The van der Waals surface area contributed by atoms with Gasteiger partial charge in [-0.15, -0.1) is 0 Å². The molecule has 0 aliphatic carbocycles. The predicted octanol–water partition coefficient (Wildman–Crippen LogP) is 2.80. The number of H-pyrrole nitrogens is 1. The molecule has 100 valence electrons. The summed E-state index contributed by atoms with van der Waals surface area (Å²) < 4.78 is 0. The first-order valence-electron chi connectivity index (χ1n) is 6.59. The van der Waals surface area contributed by atoms with Gasteiger partial charge in [0.05, 0.1) is 11.4 Å². The smallest absolute Gasteiger partial charge is 0.181 e. The van der Waals surface area contributed by atoms with E-state index >= 15 is 0 Å². The number of hydrogen-bond acceptors (Lipinski definition) is 4. The second-order valence-electron chi connectivity index (χ2n) is 4.57. The Hall–Kier alpha value is -2.56. The highest BCUT2D eigenvalue weighted by Crippen LogP contribution is 2.22. The summed E-state index contributed by atoms with van der Waals surface area (Å²) in [5, 5.41) is 15.6. The maximum absolute atomic E-state index is 4.57. The minimum absolute atomic E-state index is 0.692. The zero-order chi connectivity index (χ0) is 13.9. The van der Waals surface area contributed by atoms with Gasteiger partial charge in [-0.1, -0.05) is 37.3 Å². The molecule has 0 amide bonds. The van der Waals surface area contributed by atoms with E-state index in [1.54, 1.807) is 0 Å². The van der Waals surface area contributed by atoms with Crippen molar-refractivity contribution in [3.05, 3.63) is 47.8 Å². The number of aromatic nitrogens is 5. The predicted molar refractivity (Wildman–Crippen MR) is 77.0 cm³/mol. The fourth-order valence-corrected chi connectivity index (χ4v) is 2.08. The summed E-state index contributed by atoms with van der Waals surface area (Å²) in [6, 6.07) is 11.9. The highest BCUT2D eigenvalue weighted by molar-refractivity contribution is 5.62. The Balaban J connectivity index is 2.04. The number of rotatable bonds is 3. The number of nitrogens with zero attached hydrogens (tertiary/aromatic N) is 4. The van der Waals surface area contributed by atoms with Gasteiger partial charge in [0, 0.05) is 11.1 Å². The lowest BCUT2D eigenvalue weighted by Crippen LogP contribution is -1.98. The molecule has 5 nitrogen and oxygen atoms in total. The van der Waals surface area contributed by atoms with Crippen molar-refractivity contribution in [3.63, 3.8) is 0 Å². The molecular weight excluding hydrogens is 250 g/mol. The fourth-order valence-electron chi connectivity index (χ4n) is 2.08. The summed E-state index contributed by atoms with van der Waals surface area (Å²) in [6.07, 6.45) is 0.810. The molecular formula is C15H15N5. The summed E-state index contributed by atoms with van der Waals surface area (Å²) >= 11 is 0. The Kier molecular flexibility index (Phi) is 3.25. The van der Waals surface area contributed by atoms with E-state index in [1.165, 1.54) is 0 Å². The van der Waals surface area contributed by atoms with Crippen molar-refractivity contribution >= 4 is 0 Å². The molecule has 0 spiro atoms. The van der Waals surface area contributed by atoms with Crippen LogP contribution < -0.4 is 0 Å². The van der Waals surface area contributed by atoms with Gasteiger partial charge in [-0.05, 0) is 19.4 Å². The third-order valence-corrected chi connectivity index (χ3v) is 3.10. The first kappa shape index (κ1) is 12.5. The molecule has 0 fully saturated rings. The maximum atomic E-state index is 4.57. The van der Waals surface area contributed by atoms with E-state index in [4.69, 9.17) is 0 Å². The summed E-state index contributed by atoms with van der Waals surface area (Å²) in [5.74, 6) is 1.43. The van der Waals surface area contributed by atoms with Crippen molar-refractivity contribution < 1.29 is 0 Å². The van der Waals surface area contributed by atoms with Crippen LogP contribution in [0.3, 0.4) is 0 Å². The average molecular weight is 265 g/mol. The lowest BCUT2D eigenvalue weighted by molar-refractivity contribution is 0.892. The van der Waals surface area contributed by atoms with Crippen LogP contribution in [0.25, 0.3) is 22.8 Å². The zero-order valence-electron chi connectivity index (χ0n) is 11.5. The molecule has 2 heterocycles. The molecule has 3 aromatic rings. The molecule has 1 N–H and O–H groups in total. The molecule has 0 aliphatic rings. The van der Waals surface area contributed by atoms with E-state index in [9.17, 15) is 0 Å². The van der Waals surface area contributed by atoms with Crippen LogP contribution in [0.4, 0.5) is 0 Å². The number of hydrogen-bond donors (Lipinski definition) is 1. The van der Waals surface area contributed by atoms with Gasteiger partial charge in [0.2, 0.25) is 0 Å². The van der Waals surface area contributed by atoms with Crippen LogP contribution in [-0.4, -0.2) is 25.4 Å². The molecule has 0 saturated carbocycles. The largest absolute Gasteiger partial charge is 0.259 e. The van der Waals surface area contributed by atoms with E-state index in [0.717, 1.165) is 34.8 Å². The van der Waals surface area contributed by atoms with Gasteiger partial charge in [0.1, 0.15) is 0 Å². The standard InChI is InChI=1S/C15H15N5/c1-3-13-12(9-10(2)17-18-13)15-16-14(19-20-15)11-7-5-4-6-8-11/h4-9H,3H2,1-2H3,(H,16,19,20). The van der Waals surface area contributed by atoms with E-state index < -0.39 is 0 Å². The second kappa shape index (κ2) is 5.21. The lowest BCUT2D eigenvalue weighted by atomic mass is 10.1. The molecule has 0 atom stereocenters. The average Bonchev–Trinajstić information content (AvgIpc) is 2.98. The molecule has 0 radical (unpaired) electrons. The minimum atomic E-state index is 0.692. The Labute approximate surface area is 117 Å². The van der Waals surface area contributed by atoms with Gasteiger partial charge in [0.25, 0.3) is 0 Å². The number of aryl methyl sites for hydroxylation is 2. The van der Waals surface area contributed by atoms with E-state index in [0.29, 0.717) is 5.82 Å². The molecule has 20 heavy (non-hydrogen) atoms. The van der Waals surface area contributed by atoms with Crippen molar-refractivity contribution in [2.75, 3.05) is 0 Å². The third kappa shape index (κ3) is 2.30. The second-order valence-corrected chi connectivity index (χ2v) is 4.57. The Morgan fingerprint density at radius 2 is 1.90 bits per heavy atom. The normalized spacial score (nSPS) is 10.7. The molecule has 5 heteroatoms. The van der Waals surface area contributed by atoms with Crippen LogP contribution in [0, 0.1) is 6.92 Å². The van der Waals surface area contributed by atoms with Crippen molar-refractivity contribution in [3.8, 4) is 22.8 Å². The van der Waals surface area contributed by atoms with Gasteiger partial charge in [-0.25, -0.2) is 4.98 Å². The first-order chi connectivity index (χ1) is 9.78. The monoisotopic (exact) mass is 265 g/mol. The van der Waals surface area contributed by atoms with Crippen LogP contribution >= 0.6 is 0 Å². The summed E-state index contributed by atoms with van der Waals surface area (Å²) in [6.45, 7) is 3.97. The summed E-state index contributed by atoms with van der Waals surface area (Å²) in [5.41, 5.74) is 3.75. The topological polar surface area (TPSA) is 67.3 Å². The van der Waals surface area contributed by atoms with E-state index in [2.05, 4.69) is 32.3 Å². The van der Waals surface area contributed by atoms with Crippen molar-refractivity contribution in [2.45, 2.75) is 20.3 Å². The van der Waals surface area contributed by atoms with Gasteiger partial charge in [-0.3, -0.25) is 5.10 Å². The third-order valence-electron chi connectivity index (χ3n) is 3.10. The van der Waals surface area contributed by atoms with Crippen molar-refractivity contribution in [1.82, 2.24) is 25.4 Å². The number of benzene rings is 1. The fraction of sp³-hybridized carbons (Fsp3) is 0.200. The highest BCUT2D eigenvalue weighted by atomic mass is 15.2. The first-order valence-corrected chi connectivity index (χ1v) is 6.59. The maximum Gasteiger partial charge on any atom is 0.181 e. The summed E-state index contributed by atoms with van der Waals surface area (Å²) in [7, 11) is 0. The lowest BCUT2D eigenvalue weighted by Gasteiger charge is -2.03. The van der Waals surface area contributed by atoms with Crippen LogP contribution in [-0.2, 0) is 6.42 Å². The van der Waals surface area contributed by atoms with Crippen LogP contribution in [0.15, 0.2) is 36.4 Å². The highest BCUT2D eigenvalue weighted by Gasteiger charge is 2.12. The summed E-state index contributed by atoms with van der Waals surface area (Å²) in [4.78, 5) is 4.57. The van der Waals surface area contributed by atoms with Crippen LogP contribution in [0.2, 0.25) is 0 Å². The quantitative estimate of drug-likeness (QED) is 0.790. The van der Waals surface area contributed by atoms with Gasteiger partial charge in [0.15, 0.2) is 11.6 Å². The SMILES string of the molecule is CCc1nnc(C)cc1-c1nc(-c2ccccc2)n[nH]1. The molecule has 1 aromatic carbocycles. The van der Waals surface area contributed by atoms with E-state index in [1.807, 2.05) is 43.3 Å². The Bertz CT molecular complexity index is 718. The number of aromatic amines is 1. The minimum Gasteiger partial charge on any atom is -0.259 e. The number of nitrogens with one attached hydrogen (secondary N) is 1. The molecule has 0 aliphatic heterocycles. The van der Waals surface area contributed by atoms with Gasteiger partial charge < -0.3 is 0 Å². The molecule has 0 bridgehead atoms. The molecule has 0 saturated heterocycles. The van der Waals surface area contributed by atoms with Crippen molar-refractivity contribution in [2.24, 2.45) is 0 Å². The van der Waals surface area contributed by atoms with Crippen LogP contribution in [0.5, 0.6) is 0 Å². The molecule has 3 rings (SSSR count). The molecule has 0 unspecified atom stereocenters. The van der Waals surface area contributed by atoms with Crippen LogP contribution in [0.1, 0.15) is 18.3 Å². The van der Waals surface area contributed by atoms with E-state index in [-0.39, 0.29) is 0 Å². The van der Waals surface area contributed by atoms with Crippen molar-refractivity contribution in [1.29, 1.82) is 0 Å². The van der Waals surface area contributed by atoms with Gasteiger partial charge >= 0.3 is 0 Å². The Morgan fingerprint density at radius 1 is 1.10 bits per heavy atom. The Morgan fingerprint density at radius 3 is 2.65 bits per heavy atom. The zero-order valence-corrected chi connectivity index (χ0v) is 11.5. The van der Waals surface area contributed by atoms with Gasteiger partial charge in [-0.2, -0.15) is 15.3 Å².